The fourth-order valence-electron chi connectivity index (χ4n) is 9.14. The largest absolute Gasteiger partial charge is 0.379 e. The first-order valence-electron chi connectivity index (χ1n) is 21.5. The lowest BCUT2D eigenvalue weighted by Gasteiger charge is -2.41. The van der Waals surface area contributed by atoms with Crippen LogP contribution in [0.2, 0.25) is 0 Å². The van der Waals surface area contributed by atoms with Crippen LogP contribution in [0.4, 0.5) is 0 Å². The van der Waals surface area contributed by atoms with Gasteiger partial charge >= 0.3 is 0 Å². The van der Waals surface area contributed by atoms with E-state index in [1.165, 1.54) is 5.06 Å². The van der Waals surface area contributed by atoms with E-state index in [-0.39, 0.29) is 65.7 Å². The van der Waals surface area contributed by atoms with Gasteiger partial charge in [0, 0.05) is 40.3 Å². The average molecular weight is 813 g/mol. The van der Waals surface area contributed by atoms with Gasteiger partial charge in [0.25, 0.3) is 5.91 Å². The van der Waals surface area contributed by atoms with Gasteiger partial charge in [-0.1, -0.05) is 85.2 Å². The van der Waals surface area contributed by atoms with E-state index in [2.05, 4.69) is 16.0 Å². The van der Waals surface area contributed by atoms with Crippen molar-refractivity contribution in [2.24, 2.45) is 23.7 Å². The fraction of sp³-hybridized carbons (Fsp3) is 0.750. The number of hydrogen-bond donors (Lipinski definition) is 3. The smallest absolute Gasteiger partial charge is 0.272 e. The Morgan fingerprint density at radius 1 is 0.914 bits per heavy atom. The molecule has 10 atom stereocenters. The maximum absolute atomic E-state index is 14.4. The summed E-state index contributed by atoms with van der Waals surface area (Å²) in [7, 11) is 6.58. The summed E-state index contributed by atoms with van der Waals surface area (Å²) in [4.78, 5) is 79.3. The van der Waals surface area contributed by atoms with Crippen molar-refractivity contribution in [2.45, 2.75) is 141 Å². The van der Waals surface area contributed by atoms with Crippen LogP contribution in [-0.4, -0.2) is 134 Å². The van der Waals surface area contributed by atoms with Crippen molar-refractivity contribution in [1.82, 2.24) is 30.8 Å². The predicted molar refractivity (Wildman–Crippen MR) is 222 cm³/mol. The first-order valence-corrected chi connectivity index (χ1v) is 21.5. The van der Waals surface area contributed by atoms with Gasteiger partial charge in [-0.25, -0.2) is 5.06 Å². The number of hydroxylamine groups is 2. The van der Waals surface area contributed by atoms with Crippen LogP contribution in [0.3, 0.4) is 0 Å². The molecular formula is C44H72N6O8. The van der Waals surface area contributed by atoms with Crippen molar-refractivity contribution in [3.8, 4) is 0 Å². The SMILES string of the molecule is CC[C@H](C)[C@@H]([C@@H](CC(=O)N1CCC[C@H]1[C@H](OC)[C@@H](C)C(=O)N[C@@]1(C(=O)N2CCCCO2)C[C@H]1c1ccccc1)OC)N(C)C(=O)[C@@H](NC(=O)[C@@H](NC)C(C)C)C(C)C. The maximum Gasteiger partial charge on any atom is 0.272 e. The highest BCUT2D eigenvalue weighted by molar-refractivity contribution is 5.96. The van der Waals surface area contributed by atoms with Crippen molar-refractivity contribution in [3.05, 3.63) is 35.9 Å². The van der Waals surface area contributed by atoms with Crippen LogP contribution in [0.25, 0.3) is 0 Å². The molecule has 5 amide bonds. The second-order valence-corrected chi connectivity index (χ2v) is 17.4. The molecule has 0 bridgehead atoms. The first-order chi connectivity index (χ1) is 27.6. The number of nitrogens with one attached hydrogen (secondary N) is 3. The third kappa shape index (κ3) is 10.6. The molecule has 2 aliphatic heterocycles. The number of benzene rings is 1. The first kappa shape index (κ1) is 47.1. The highest BCUT2D eigenvalue weighted by Gasteiger charge is 2.64. The minimum absolute atomic E-state index is 0.0106. The molecule has 4 rings (SSSR count). The Labute approximate surface area is 346 Å². The molecule has 14 heteroatoms. The van der Waals surface area contributed by atoms with Crippen molar-refractivity contribution < 1.29 is 38.3 Å². The minimum atomic E-state index is -1.13. The van der Waals surface area contributed by atoms with E-state index < -0.39 is 41.8 Å². The van der Waals surface area contributed by atoms with Crippen LogP contribution in [-0.2, 0) is 38.3 Å². The fourth-order valence-corrected chi connectivity index (χ4v) is 9.14. The number of ether oxygens (including phenoxy) is 2. The third-order valence-corrected chi connectivity index (χ3v) is 12.9. The van der Waals surface area contributed by atoms with E-state index in [1.807, 2.05) is 71.9 Å². The molecule has 14 nitrogen and oxygen atoms in total. The summed E-state index contributed by atoms with van der Waals surface area (Å²) in [5, 5.41) is 10.6. The molecular weight excluding hydrogens is 741 g/mol. The van der Waals surface area contributed by atoms with Crippen LogP contribution in [0, 0.1) is 23.7 Å². The Bertz CT molecular complexity index is 1540. The van der Waals surface area contributed by atoms with Crippen molar-refractivity contribution in [3.63, 3.8) is 0 Å². The molecule has 1 aliphatic carbocycles. The number of hydrogen-bond acceptors (Lipinski definition) is 9. The number of methoxy groups -OCH3 is 2. The third-order valence-electron chi connectivity index (χ3n) is 12.9. The Balaban J connectivity index is 1.51. The molecule has 58 heavy (non-hydrogen) atoms. The number of nitrogens with zero attached hydrogens (tertiary/aromatic N) is 3. The normalized spacial score (nSPS) is 24.4. The molecule has 326 valence electrons. The molecule has 0 radical (unpaired) electrons. The molecule has 0 spiro atoms. The lowest BCUT2D eigenvalue weighted by atomic mass is 9.89. The standard InChI is InChI=1S/C44H72N6O8/c1-12-29(6)38(48(9)42(54)37(28(4)5)46-41(53)36(45-8)27(2)3)34(56-10)25-35(51)49-22-18-21-33(49)39(57-11)30(7)40(52)47-44(43(55)50-23-16-17-24-58-50)26-32(44)31-19-14-13-15-20-31/h13-15,19-20,27-30,32-34,36-39,45H,12,16-18,21-26H2,1-11H3,(H,46,53)(H,47,52)/t29-,30+,32-,33-,34+,36-,37-,38-,39+,44-/m0/s1. The van der Waals surface area contributed by atoms with Crippen molar-refractivity contribution in [1.29, 1.82) is 0 Å². The summed E-state index contributed by atoms with van der Waals surface area (Å²) in [6, 6.07) is 7.67. The van der Waals surface area contributed by atoms with Gasteiger partial charge < -0.3 is 35.2 Å². The van der Waals surface area contributed by atoms with Gasteiger partial charge in [-0.3, -0.25) is 28.8 Å². The van der Waals surface area contributed by atoms with Crippen LogP contribution in [0.5, 0.6) is 0 Å². The topological polar surface area (TPSA) is 159 Å². The number of carbonyl (C=O) groups is 5. The molecule has 3 aliphatic rings. The Morgan fingerprint density at radius 3 is 2.14 bits per heavy atom. The number of amides is 5. The molecule has 0 unspecified atom stereocenters. The average Bonchev–Trinajstić information content (AvgIpc) is 3.74. The van der Waals surface area contributed by atoms with Crippen molar-refractivity contribution in [2.75, 3.05) is 48.0 Å². The van der Waals surface area contributed by atoms with E-state index in [0.29, 0.717) is 32.5 Å². The number of likely N-dealkylation sites (N-methyl/N-ethyl adjacent to an activating group) is 2. The van der Waals surface area contributed by atoms with E-state index in [0.717, 1.165) is 31.2 Å². The Morgan fingerprint density at radius 2 is 1.59 bits per heavy atom. The predicted octanol–water partition coefficient (Wildman–Crippen LogP) is 3.89. The van der Waals surface area contributed by atoms with Crippen LogP contribution >= 0.6 is 0 Å². The van der Waals surface area contributed by atoms with Crippen LogP contribution in [0.15, 0.2) is 30.3 Å². The summed E-state index contributed by atoms with van der Waals surface area (Å²) < 4.78 is 12.1. The van der Waals surface area contributed by atoms with Gasteiger partial charge in [-0.2, -0.15) is 0 Å². The van der Waals surface area contributed by atoms with Gasteiger partial charge in [0.2, 0.25) is 23.6 Å². The Hall–Kier alpha value is -3.59. The number of carbonyl (C=O) groups excluding carboxylic acids is 5. The van der Waals surface area contributed by atoms with Gasteiger partial charge in [-0.05, 0) is 62.5 Å². The second-order valence-electron chi connectivity index (χ2n) is 17.4. The highest BCUT2D eigenvalue weighted by Crippen LogP contribution is 2.53. The van der Waals surface area contributed by atoms with Crippen LogP contribution in [0.1, 0.15) is 105 Å². The van der Waals surface area contributed by atoms with E-state index in [4.69, 9.17) is 14.3 Å². The zero-order valence-corrected chi connectivity index (χ0v) is 36.9. The lowest BCUT2D eigenvalue weighted by molar-refractivity contribution is -0.200. The summed E-state index contributed by atoms with van der Waals surface area (Å²) in [6.07, 6.45) is 3.01. The zero-order chi connectivity index (χ0) is 42.9. The summed E-state index contributed by atoms with van der Waals surface area (Å²) in [5.74, 6) is -2.27. The summed E-state index contributed by atoms with van der Waals surface area (Å²) in [6.45, 7) is 15.0. The van der Waals surface area contributed by atoms with Gasteiger partial charge in [-0.15, -0.1) is 0 Å². The molecule has 3 fully saturated rings. The lowest BCUT2D eigenvalue weighted by Crippen LogP contribution is -2.59. The van der Waals surface area contributed by atoms with Crippen molar-refractivity contribution >= 4 is 29.5 Å². The zero-order valence-electron chi connectivity index (χ0n) is 36.9. The van der Waals surface area contributed by atoms with Gasteiger partial charge in [0.15, 0.2) is 0 Å². The molecule has 1 aromatic rings. The number of likely N-dealkylation sites (tertiary alicyclic amines) is 1. The summed E-state index contributed by atoms with van der Waals surface area (Å²) in [5.41, 5.74) is -0.154. The second kappa shape index (κ2) is 21.1. The molecule has 1 aromatic carbocycles. The molecule has 0 aromatic heterocycles. The highest BCUT2D eigenvalue weighted by atomic mass is 16.7. The van der Waals surface area contributed by atoms with Gasteiger partial charge in [0.05, 0.1) is 49.3 Å². The maximum atomic E-state index is 14.4. The van der Waals surface area contributed by atoms with Crippen LogP contribution < -0.4 is 16.0 Å². The van der Waals surface area contributed by atoms with E-state index in [9.17, 15) is 24.0 Å². The molecule has 1 saturated carbocycles. The monoisotopic (exact) mass is 813 g/mol. The van der Waals surface area contributed by atoms with E-state index >= 15 is 0 Å². The quantitative estimate of drug-likeness (QED) is 0.178. The summed E-state index contributed by atoms with van der Waals surface area (Å²) >= 11 is 0. The molecule has 2 heterocycles. The van der Waals surface area contributed by atoms with Gasteiger partial charge in [0.1, 0.15) is 11.6 Å². The Kier molecular flexibility index (Phi) is 17.1. The van der Waals surface area contributed by atoms with E-state index in [1.54, 1.807) is 45.0 Å². The molecule has 3 N–H and O–H groups in total. The minimum Gasteiger partial charge on any atom is -0.379 e. The molecule has 2 saturated heterocycles. The number of rotatable bonds is 20.